The molecule has 6 nitrogen and oxygen atoms in total. The molecule has 2 N–H and O–H groups in total. The topological polar surface area (TPSA) is 94.9 Å². The van der Waals surface area contributed by atoms with Gasteiger partial charge in [-0.05, 0) is 12.1 Å². The second kappa shape index (κ2) is 4.99. The molecule has 0 spiro atoms. The minimum atomic E-state index is -1.25. The van der Waals surface area contributed by atoms with Crippen LogP contribution < -0.4 is 4.90 Å². The monoisotopic (exact) mass is 283 g/mol. The standard InChI is InChI=1S/C12H10ClNO5/c13-7-2-1-3-8-10(7)11(18)12(19)14(8)5-6(15)4-9(16)17/h1-3,6,15H,4-5H2,(H,16,17). The summed E-state index contributed by atoms with van der Waals surface area (Å²) in [5.41, 5.74) is 0.392. The van der Waals surface area contributed by atoms with E-state index >= 15 is 0 Å². The highest BCUT2D eigenvalue weighted by atomic mass is 35.5. The molecule has 0 aromatic heterocycles. The molecule has 1 heterocycles. The number of ketones is 1. The van der Waals surface area contributed by atoms with Crippen LogP contribution in [0.5, 0.6) is 0 Å². The summed E-state index contributed by atoms with van der Waals surface area (Å²) in [6.45, 7) is -0.260. The highest BCUT2D eigenvalue weighted by molar-refractivity contribution is 6.55. The van der Waals surface area contributed by atoms with E-state index in [2.05, 4.69) is 0 Å². The van der Waals surface area contributed by atoms with Gasteiger partial charge in [0.1, 0.15) is 0 Å². The van der Waals surface area contributed by atoms with Crippen LogP contribution in [0, 0.1) is 0 Å². The van der Waals surface area contributed by atoms with E-state index in [0.717, 1.165) is 4.90 Å². The van der Waals surface area contributed by atoms with E-state index in [0.29, 0.717) is 5.69 Å². The number of benzene rings is 1. The molecule has 19 heavy (non-hydrogen) atoms. The molecule has 0 saturated heterocycles. The van der Waals surface area contributed by atoms with Crippen LogP contribution in [0.2, 0.25) is 5.02 Å². The Morgan fingerprint density at radius 1 is 1.37 bits per heavy atom. The number of halogens is 1. The first-order valence-corrected chi connectivity index (χ1v) is 5.84. The van der Waals surface area contributed by atoms with Crippen LogP contribution in [0.25, 0.3) is 0 Å². The van der Waals surface area contributed by atoms with Gasteiger partial charge in [0, 0.05) is 0 Å². The number of carbonyl (C=O) groups is 3. The molecule has 0 radical (unpaired) electrons. The Hall–Kier alpha value is -1.92. The molecule has 0 fully saturated rings. The molecule has 1 aromatic rings. The van der Waals surface area contributed by atoms with Crippen LogP contribution in [0.15, 0.2) is 18.2 Å². The third-order valence-corrected chi connectivity index (χ3v) is 3.07. The summed E-state index contributed by atoms with van der Waals surface area (Å²) >= 11 is 5.86. The molecule has 0 bridgehead atoms. The van der Waals surface area contributed by atoms with Crippen molar-refractivity contribution in [2.75, 3.05) is 11.4 Å². The fourth-order valence-electron chi connectivity index (χ4n) is 1.96. The first-order chi connectivity index (χ1) is 8.91. The number of nitrogens with zero attached hydrogens (tertiary/aromatic N) is 1. The number of hydrogen-bond acceptors (Lipinski definition) is 4. The molecular formula is C12H10ClNO5. The van der Waals surface area contributed by atoms with E-state index in [9.17, 15) is 19.5 Å². The predicted molar refractivity (Wildman–Crippen MR) is 66.4 cm³/mol. The Kier molecular flexibility index (Phi) is 3.55. The average molecular weight is 284 g/mol. The van der Waals surface area contributed by atoms with Crippen molar-refractivity contribution in [3.63, 3.8) is 0 Å². The van der Waals surface area contributed by atoms with Crippen molar-refractivity contribution in [2.45, 2.75) is 12.5 Å². The van der Waals surface area contributed by atoms with Crippen LogP contribution in [0.1, 0.15) is 16.8 Å². The van der Waals surface area contributed by atoms with Crippen LogP contribution in [-0.4, -0.2) is 40.5 Å². The number of rotatable bonds is 4. The number of carboxylic acid groups (broad SMARTS) is 1. The molecule has 1 aromatic carbocycles. The molecule has 0 aliphatic carbocycles. The summed E-state index contributed by atoms with van der Waals surface area (Å²) in [6.07, 6.45) is -1.76. The maximum atomic E-state index is 11.8. The first-order valence-electron chi connectivity index (χ1n) is 5.46. The minimum Gasteiger partial charge on any atom is -0.481 e. The number of β-amino-alcohol motifs (C(OH)–C–C–N with tert-alkyl or cyclic N) is 1. The van der Waals surface area contributed by atoms with Gasteiger partial charge in [-0.15, -0.1) is 0 Å². The second-order valence-corrected chi connectivity index (χ2v) is 4.54. The summed E-state index contributed by atoms with van der Waals surface area (Å²) in [6, 6.07) is 4.59. The number of aliphatic hydroxyl groups excluding tert-OH is 1. The van der Waals surface area contributed by atoms with Crippen LogP contribution in [0.3, 0.4) is 0 Å². The number of aliphatic carboxylic acids is 1. The van der Waals surface area contributed by atoms with E-state index in [1.54, 1.807) is 6.07 Å². The van der Waals surface area contributed by atoms with Gasteiger partial charge in [0.25, 0.3) is 11.7 Å². The summed E-state index contributed by atoms with van der Waals surface area (Å²) in [7, 11) is 0. The number of fused-ring (bicyclic) bond motifs is 1. The fourth-order valence-corrected chi connectivity index (χ4v) is 2.21. The highest BCUT2D eigenvalue weighted by Gasteiger charge is 2.38. The van der Waals surface area contributed by atoms with E-state index in [-0.39, 0.29) is 17.1 Å². The Balaban J connectivity index is 2.29. The number of carboxylic acids is 1. The summed E-state index contributed by atoms with van der Waals surface area (Å²) in [5.74, 6) is -2.74. The molecule has 0 saturated carbocycles. The second-order valence-electron chi connectivity index (χ2n) is 4.13. The Bertz CT molecular complexity index is 571. The minimum absolute atomic E-state index is 0.0942. The number of carbonyl (C=O) groups excluding carboxylic acids is 2. The van der Waals surface area contributed by atoms with Gasteiger partial charge in [-0.3, -0.25) is 14.4 Å². The van der Waals surface area contributed by atoms with Crippen LogP contribution in [0.4, 0.5) is 5.69 Å². The summed E-state index contributed by atoms with van der Waals surface area (Å²) < 4.78 is 0. The van der Waals surface area contributed by atoms with E-state index < -0.39 is 30.2 Å². The Morgan fingerprint density at radius 3 is 2.68 bits per heavy atom. The lowest BCUT2D eigenvalue weighted by Gasteiger charge is -2.19. The van der Waals surface area contributed by atoms with Crippen molar-refractivity contribution >= 4 is 34.9 Å². The molecule has 1 aliphatic heterocycles. The van der Waals surface area contributed by atoms with Crippen LogP contribution in [-0.2, 0) is 9.59 Å². The summed E-state index contributed by atoms with van der Waals surface area (Å²) in [4.78, 5) is 35.1. The zero-order chi connectivity index (χ0) is 14.2. The van der Waals surface area contributed by atoms with Crippen molar-refractivity contribution in [1.29, 1.82) is 0 Å². The van der Waals surface area contributed by atoms with Gasteiger partial charge in [0.05, 0.1) is 35.3 Å². The zero-order valence-electron chi connectivity index (χ0n) is 9.67. The fraction of sp³-hybridized carbons (Fsp3) is 0.250. The van der Waals surface area contributed by atoms with Gasteiger partial charge in [-0.1, -0.05) is 17.7 Å². The van der Waals surface area contributed by atoms with Crippen LogP contribution >= 0.6 is 11.6 Å². The van der Waals surface area contributed by atoms with Crippen molar-refractivity contribution in [2.24, 2.45) is 0 Å². The Labute approximate surface area is 113 Å². The normalized spacial score (nSPS) is 15.6. The molecule has 2 rings (SSSR count). The smallest absolute Gasteiger partial charge is 0.306 e. The molecule has 1 atom stereocenters. The van der Waals surface area contributed by atoms with Crippen molar-refractivity contribution in [3.05, 3.63) is 28.8 Å². The number of hydrogen-bond donors (Lipinski definition) is 2. The van der Waals surface area contributed by atoms with Gasteiger partial charge in [0.2, 0.25) is 0 Å². The van der Waals surface area contributed by atoms with Gasteiger partial charge in [0.15, 0.2) is 0 Å². The maximum Gasteiger partial charge on any atom is 0.306 e. The lowest BCUT2D eigenvalue weighted by Crippen LogP contribution is -2.37. The van der Waals surface area contributed by atoms with E-state index in [1.165, 1.54) is 12.1 Å². The van der Waals surface area contributed by atoms with Crippen molar-refractivity contribution in [1.82, 2.24) is 0 Å². The third-order valence-electron chi connectivity index (χ3n) is 2.75. The molecule has 7 heteroatoms. The number of anilines is 1. The van der Waals surface area contributed by atoms with E-state index in [4.69, 9.17) is 16.7 Å². The van der Waals surface area contributed by atoms with Gasteiger partial charge in [-0.25, -0.2) is 0 Å². The van der Waals surface area contributed by atoms with E-state index in [1.807, 2.05) is 0 Å². The highest BCUT2D eigenvalue weighted by Crippen LogP contribution is 2.34. The molecular weight excluding hydrogens is 274 g/mol. The maximum absolute atomic E-state index is 11.8. The first kappa shape index (κ1) is 13.5. The van der Waals surface area contributed by atoms with Crippen molar-refractivity contribution in [3.8, 4) is 0 Å². The lowest BCUT2D eigenvalue weighted by molar-refractivity contribution is -0.139. The molecule has 100 valence electrons. The summed E-state index contributed by atoms with van der Waals surface area (Å²) in [5, 5.41) is 18.3. The number of aliphatic hydroxyl groups is 1. The lowest BCUT2D eigenvalue weighted by atomic mass is 10.1. The Morgan fingerprint density at radius 2 is 2.05 bits per heavy atom. The van der Waals surface area contributed by atoms with Crippen molar-refractivity contribution < 1.29 is 24.6 Å². The van der Waals surface area contributed by atoms with Gasteiger partial charge in [-0.2, -0.15) is 0 Å². The third kappa shape index (κ3) is 2.45. The van der Waals surface area contributed by atoms with Gasteiger partial charge >= 0.3 is 5.97 Å². The van der Waals surface area contributed by atoms with Gasteiger partial charge < -0.3 is 15.1 Å². The molecule has 1 amide bonds. The number of amides is 1. The molecule has 1 aliphatic rings. The quantitative estimate of drug-likeness (QED) is 0.793. The molecule has 1 unspecified atom stereocenters. The largest absolute Gasteiger partial charge is 0.481 e. The average Bonchev–Trinajstić information content (AvgIpc) is 2.55. The number of Topliss-reactive ketones (excluding diaryl/α,β-unsaturated/α-hetero) is 1. The predicted octanol–water partition coefficient (Wildman–Crippen LogP) is 0.705. The SMILES string of the molecule is O=C(O)CC(O)CN1C(=O)C(=O)c2c(Cl)cccc21. The zero-order valence-corrected chi connectivity index (χ0v) is 10.4.